The molecule has 1 N–H and O–H groups in total. The van der Waals surface area contributed by atoms with Crippen molar-refractivity contribution in [2.75, 3.05) is 26.7 Å². The van der Waals surface area contributed by atoms with Gasteiger partial charge in [0.25, 0.3) is 0 Å². The highest BCUT2D eigenvalue weighted by Crippen LogP contribution is 2.17. The molecule has 0 unspecified atom stereocenters. The normalized spacial score (nSPS) is 16.7. The molecule has 1 aliphatic heterocycles. The van der Waals surface area contributed by atoms with Crippen molar-refractivity contribution < 1.29 is 4.79 Å². The molecule has 18 heavy (non-hydrogen) atoms. The third kappa shape index (κ3) is 4.10. The highest BCUT2D eigenvalue weighted by atomic mass is 32.1. The fourth-order valence-corrected chi connectivity index (χ4v) is 3.04. The van der Waals surface area contributed by atoms with Gasteiger partial charge in [-0.2, -0.15) is 0 Å². The maximum atomic E-state index is 12.1. The van der Waals surface area contributed by atoms with E-state index in [0.29, 0.717) is 11.8 Å². The number of nitrogens with one attached hydrogen (secondary N) is 1. The van der Waals surface area contributed by atoms with Crippen molar-refractivity contribution in [1.82, 2.24) is 10.2 Å². The molecule has 1 aliphatic rings. The molecule has 0 atom stereocenters. The van der Waals surface area contributed by atoms with Gasteiger partial charge in [-0.05, 0) is 49.7 Å². The van der Waals surface area contributed by atoms with E-state index in [4.69, 9.17) is 0 Å². The highest BCUT2D eigenvalue weighted by Gasteiger charge is 2.18. The molecule has 1 aromatic heterocycles. The van der Waals surface area contributed by atoms with E-state index in [0.717, 1.165) is 45.3 Å². The van der Waals surface area contributed by atoms with E-state index in [9.17, 15) is 4.79 Å². The summed E-state index contributed by atoms with van der Waals surface area (Å²) in [6.45, 7) is 2.97. The van der Waals surface area contributed by atoms with Crippen LogP contribution >= 0.6 is 11.3 Å². The fourth-order valence-electron chi connectivity index (χ4n) is 2.35. The van der Waals surface area contributed by atoms with Gasteiger partial charge in [0.15, 0.2) is 0 Å². The van der Waals surface area contributed by atoms with E-state index in [2.05, 4.69) is 22.8 Å². The number of amides is 1. The van der Waals surface area contributed by atoms with Gasteiger partial charge in [-0.3, -0.25) is 4.79 Å². The Bertz CT molecular complexity index is 358. The van der Waals surface area contributed by atoms with E-state index in [-0.39, 0.29) is 0 Å². The number of nitrogens with zero attached hydrogens (tertiary/aromatic N) is 1. The smallest absolute Gasteiger partial charge is 0.222 e. The molecule has 1 amide bonds. The Labute approximate surface area is 113 Å². The maximum Gasteiger partial charge on any atom is 0.222 e. The first-order valence-electron chi connectivity index (χ1n) is 6.73. The predicted molar refractivity (Wildman–Crippen MR) is 75.9 cm³/mol. The molecule has 0 aromatic carbocycles. The highest BCUT2D eigenvalue weighted by molar-refractivity contribution is 7.09. The van der Waals surface area contributed by atoms with E-state index in [1.54, 1.807) is 11.3 Å². The second kappa shape index (κ2) is 6.90. The van der Waals surface area contributed by atoms with Crippen LogP contribution in [0.4, 0.5) is 0 Å². The Balaban J connectivity index is 1.70. The molecule has 1 saturated heterocycles. The van der Waals surface area contributed by atoms with Crippen molar-refractivity contribution in [1.29, 1.82) is 0 Å². The van der Waals surface area contributed by atoms with E-state index in [1.165, 1.54) is 4.88 Å². The lowest BCUT2D eigenvalue weighted by atomic mass is 9.94. The first-order chi connectivity index (χ1) is 8.75. The molecule has 4 heteroatoms. The zero-order valence-electron chi connectivity index (χ0n) is 11.0. The number of rotatable bonds is 5. The van der Waals surface area contributed by atoms with Crippen LogP contribution in [0.1, 0.15) is 24.1 Å². The number of piperidine rings is 1. The standard InChI is InChI=1S/C14H22N2OS/c1-16(9-6-13-3-2-10-18-13)14(17)11-12-4-7-15-8-5-12/h2-3,10,12,15H,4-9,11H2,1H3. The summed E-state index contributed by atoms with van der Waals surface area (Å²) in [5.74, 6) is 0.890. The van der Waals surface area contributed by atoms with Crippen molar-refractivity contribution in [3.63, 3.8) is 0 Å². The molecule has 1 aromatic rings. The van der Waals surface area contributed by atoms with Gasteiger partial charge in [-0.25, -0.2) is 0 Å². The Morgan fingerprint density at radius 2 is 2.28 bits per heavy atom. The molecule has 0 saturated carbocycles. The van der Waals surface area contributed by atoms with Crippen LogP contribution in [-0.2, 0) is 11.2 Å². The van der Waals surface area contributed by atoms with Gasteiger partial charge in [0, 0.05) is 24.9 Å². The number of carbonyl (C=O) groups excluding carboxylic acids is 1. The second-order valence-electron chi connectivity index (χ2n) is 5.04. The Morgan fingerprint density at radius 1 is 1.50 bits per heavy atom. The Morgan fingerprint density at radius 3 is 2.94 bits per heavy atom. The molecule has 2 heterocycles. The summed E-state index contributed by atoms with van der Waals surface area (Å²) in [5.41, 5.74) is 0. The summed E-state index contributed by atoms with van der Waals surface area (Å²) < 4.78 is 0. The summed E-state index contributed by atoms with van der Waals surface area (Å²) in [4.78, 5) is 15.3. The van der Waals surface area contributed by atoms with Crippen LogP contribution in [0.2, 0.25) is 0 Å². The largest absolute Gasteiger partial charge is 0.345 e. The average molecular weight is 266 g/mol. The lowest BCUT2D eigenvalue weighted by Crippen LogP contribution is -2.34. The van der Waals surface area contributed by atoms with Crippen molar-refractivity contribution in [3.8, 4) is 0 Å². The molecule has 1 fully saturated rings. The van der Waals surface area contributed by atoms with Crippen molar-refractivity contribution >= 4 is 17.2 Å². The third-order valence-corrected chi connectivity index (χ3v) is 4.56. The van der Waals surface area contributed by atoms with E-state index < -0.39 is 0 Å². The number of thiophene rings is 1. The Hall–Kier alpha value is -0.870. The minimum Gasteiger partial charge on any atom is -0.345 e. The zero-order chi connectivity index (χ0) is 12.8. The molecule has 2 rings (SSSR count). The fraction of sp³-hybridized carbons (Fsp3) is 0.643. The van der Waals surface area contributed by atoms with Crippen molar-refractivity contribution in [2.45, 2.75) is 25.7 Å². The van der Waals surface area contributed by atoms with Crippen molar-refractivity contribution in [3.05, 3.63) is 22.4 Å². The monoisotopic (exact) mass is 266 g/mol. The topological polar surface area (TPSA) is 32.3 Å². The van der Waals surface area contributed by atoms with Gasteiger partial charge in [-0.1, -0.05) is 6.07 Å². The predicted octanol–water partition coefficient (Wildman–Crippen LogP) is 2.14. The van der Waals surface area contributed by atoms with Crippen LogP contribution in [0.25, 0.3) is 0 Å². The quantitative estimate of drug-likeness (QED) is 0.885. The molecular weight excluding hydrogens is 244 g/mol. The zero-order valence-corrected chi connectivity index (χ0v) is 11.8. The lowest BCUT2D eigenvalue weighted by Gasteiger charge is -2.24. The average Bonchev–Trinajstić information content (AvgIpc) is 2.90. The first-order valence-corrected chi connectivity index (χ1v) is 7.60. The Kier molecular flexibility index (Phi) is 5.20. The van der Waals surface area contributed by atoms with Crippen LogP contribution in [0.5, 0.6) is 0 Å². The molecule has 0 spiro atoms. The van der Waals surface area contributed by atoms with Crippen LogP contribution in [0.3, 0.4) is 0 Å². The molecule has 0 aliphatic carbocycles. The number of likely N-dealkylation sites (N-methyl/N-ethyl adjacent to an activating group) is 1. The van der Waals surface area contributed by atoms with Gasteiger partial charge < -0.3 is 10.2 Å². The third-order valence-electron chi connectivity index (χ3n) is 3.62. The van der Waals surface area contributed by atoms with Crippen LogP contribution in [0.15, 0.2) is 17.5 Å². The van der Waals surface area contributed by atoms with Gasteiger partial charge in [0.2, 0.25) is 5.91 Å². The summed E-state index contributed by atoms with van der Waals surface area (Å²) in [7, 11) is 1.93. The molecule has 0 radical (unpaired) electrons. The maximum absolute atomic E-state index is 12.1. The number of hydrogen-bond donors (Lipinski definition) is 1. The first kappa shape index (κ1) is 13.6. The SMILES string of the molecule is CN(CCc1cccs1)C(=O)CC1CCNCC1. The van der Waals surface area contributed by atoms with Crippen LogP contribution < -0.4 is 5.32 Å². The molecule has 100 valence electrons. The number of hydrogen-bond acceptors (Lipinski definition) is 3. The minimum atomic E-state index is 0.304. The van der Waals surface area contributed by atoms with Gasteiger partial charge >= 0.3 is 0 Å². The summed E-state index contributed by atoms with van der Waals surface area (Å²) >= 11 is 1.77. The summed E-state index contributed by atoms with van der Waals surface area (Å²) in [5, 5.41) is 5.43. The number of carbonyl (C=O) groups is 1. The van der Waals surface area contributed by atoms with Gasteiger partial charge in [-0.15, -0.1) is 11.3 Å². The van der Waals surface area contributed by atoms with E-state index in [1.807, 2.05) is 11.9 Å². The molecule has 0 bridgehead atoms. The van der Waals surface area contributed by atoms with Crippen molar-refractivity contribution in [2.24, 2.45) is 5.92 Å². The summed E-state index contributed by atoms with van der Waals surface area (Å²) in [6, 6.07) is 4.20. The van der Waals surface area contributed by atoms with Crippen LogP contribution in [-0.4, -0.2) is 37.5 Å². The van der Waals surface area contributed by atoms with Gasteiger partial charge in [0.1, 0.15) is 0 Å². The minimum absolute atomic E-state index is 0.304. The van der Waals surface area contributed by atoms with Gasteiger partial charge in [0.05, 0.1) is 0 Å². The lowest BCUT2D eigenvalue weighted by molar-refractivity contribution is -0.131. The summed E-state index contributed by atoms with van der Waals surface area (Å²) in [6.07, 6.45) is 3.99. The second-order valence-corrected chi connectivity index (χ2v) is 6.07. The van der Waals surface area contributed by atoms with Crippen LogP contribution in [0, 0.1) is 5.92 Å². The molecule has 3 nitrogen and oxygen atoms in total. The molecular formula is C14H22N2OS. The van der Waals surface area contributed by atoms with E-state index >= 15 is 0 Å².